The van der Waals surface area contributed by atoms with Gasteiger partial charge in [0, 0.05) is 28.2 Å². The number of fused-ring (bicyclic) bond motifs is 6. The number of hydrogen-bond acceptors (Lipinski definition) is 5. The van der Waals surface area contributed by atoms with Crippen LogP contribution in [-0.2, 0) is 0 Å². The van der Waals surface area contributed by atoms with Crippen LogP contribution in [0.5, 0.6) is 0 Å². The Morgan fingerprint density at radius 3 is 1.47 bits per heavy atom. The van der Waals surface area contributed by atoms with Crippen LogP contribution in [0.15, 0.2) is 188 Å². The van der Waals surface area contributed by atoms with Crippen molar-refractivity contribution in [3.8, 4) is 32.3 Å². The van der Waals surface area contributed by atoms with E-state index >= 15 is 0 Å². The Balaban J connectivity index is 0.999. The van der Waals surface area contributed by atoms with E-state index in [1.54, 1.807) is 22.7 Å². The van der Waals surface area contributed by atoms with Crippen LogP contribution >= 0.6 is 22.7 Å². The van der Waals surface area contributed by atoms with Crippen molar-refractivity contribution < 1.29 is 0 Å². The van der Waals surface area contributed by atoms with E-state index in [4.69, 9.17) is 9.97 Å². The molecule has 0 aliphatic carbocycles. The Morgan fingerprint density at radius 2 is 0.836 bits per heavy atom. The average molecular weight is 738 g/mol. The Bertz CT molecular complexity index is 3030. The highest BCUT2D eigenvalue weighted by molar-refractivity contribution is 7.22. The molecule has 0 N–H and O–H groups in total. The maximum atomic E-state index is 4.92. The third-order valence-electron chi connectivity index (χ3n) is 10.5. The Kier molecular flexibility index (Phi) is 7.54. The van der Waals surface area contributed by atoms with E-state index in [9.17, 15) is 0 Å². The lowest BCUT2D eigenvalue weighted by molar-refractivity contribution is 1.29. The molecule has 0 fully saturated rings. The monoisotopic (exact) mass is 737 g/mol. The maximum absolute atomic E-state index is 4.92. The molecule has 0 amide bonds. The minimum absolute atomic E-state index is 1.03. The first-order valence-electron chi connectivity index (χ1n) is 18.4. The van der Waals surface area contributed by atoms with E-state index in [-0.39, 0.29) is 0 Å². The molecule has 11 aromatic rings. The Morgan fingerprint density at radius 1 is 0.345 bits per heavy atom. The van der Waals surface area contributed by atoms with Crippen molar-refractivity contribution in [2.24, 2.45) is 0 Å². The molecule has 0 radical (unpaired) electrons. The fourth-order valence-corrected chi connectivity index (χ4v) is 9.72. The number of aromatic nitrogens is 2. The maximum Gasteiger partial charge on any atom is 0.124 e. The van der Waals surface area contributed by atoms with Gasteiger partial charge in [0.15, 0.2) is 0 Å². The molecule has 0 atom stereocenters. The molecule has 2 aromatic heterocycles. The number of rotatable bonds is 6. The lowest BCUT2D eigenvalue weighted by Gasteiger charge is -2.26. The normalized spacial score (nSPS) is 11.6. The summed E-state index contributed by atoms with van der Waals surface area (Å²) in [7, 11) is 0. The van der Waals surface area contributed by atoms with Crippen LogP contribution in [0.1, 0.15) is 0 Å². The molecule has 0 bridgehead atoms. The highest BCUT2D eigenvalue weighted by Crippen LogP contribution is 2.41. The van der Waals surface area contributed by atoms with Gasteiger partial charge in [-0.3, -0.25) is 0 Å². The van der Waals surface area contributed by atoms with Gasteiger partial charge >= 0.3 is 0 Å². The van der Waals surface area contributed by atoms with Crippen molar-refractivity contribution >= 4 is 92.5 Å². The van der Waals surface area contributed by atoms with Gasteiger partial charge in [-0.05, 0) is 141 Å². The zero-order valence-corrected chi connectivity index (χ0v) is 31.2. The van der Waals surface area contributed by atoms with E-state index in [1.165, 1.54) is 52.8 Å². The van der Waals surface area contributed by atoms with Gasteiger partial charge in [-0.2, -0.15) is 0 Å². The fourth-order valence-electron chi connectivity index (χ4n) is 7.78. The van der Waals surface area contributed by atoms with E-state index < -0.39 is 0 Å². The second-order valence-electron chi connectivity index (χ2n) is 13.8. The molecule has 5 heteroatoms. The minimum Gasteiger partial charge on any atom is -0.310 e. The SMILES string of the molecule is c1ccc2c(c1)cc(-c1ccc3cc(N(c4ccc(-c5nc6ccccc6s5)cc4)c4ccc(-c5nc6ccccc6s5)cc4)ccc3c1)c1ccccc12. The molecule has 0 saturated heterocycles. The van der Waals surface area contributed by atoms with Crippen molar-refractivity contribution in [3.63, 3.8) is 0 Å². The summed E-state index contributed by atoms with van der Waals surface area (Å²) in [6.45, 7) is 0. The zero-order valence-electron chi connectivity index (χ0n) is 29.6. The van der Waals surface area contributed by atoms with Crippen LogP contribution in [0.3, 0.4) is 0 Å². The number of benzene rings is 9. The van der Waals surface area contributed by atoms with Gasteiger partial charge in [0.1, 0.15) is 10.0 Å². The van der Waals surface area contributed by atoms with Gasteiger partial charge < -0.3 is 4.90 Å². The van der Waals surface area contributed by atoms with Crippen molar-refractivity contribution in [1.29, 1.82) is 0 Å². The first-order chi connectivity index (χ1) is 27.2. The summed E-state index contributed by atoms with van der Waals surface area (Å²) in [6, 6.07) is 67.7. The van der Waals surface area contributed by atoms with Crippen LogP contribution in [0.4, 0.5) is 17.1 Å². The summed E-state index contributed by atoms with van der Waals surface area (Å²) in [4.78, 5) is 12.2. The lowest BCUT2D eigenvalue weighted by atomic mass is 9.92. The lowest BCUT2D eigenvalue weighted by Crippen LogP contribution is -2.09. The van der Waals surface area contributed by atoms with Gasteiger partial charge in [-0.25, -0.2) is 9.97 Å². The molecule has 11 rings (SSSR count). The molecule has 0 saturated carbocycles. The first kappa shape index (κ1) is 31.8. The minimum atomic E-state index is 1.03. The molecule has 0 unspecified atom stereocenters. The number of para-hydroxylation sites is 2. The number of thiazole rings is 2. The molecule has 0 aliphatic rings. The predicted molar refractivity (Wildman–Crippen MR) is 236 cm³/mol. The third kappa shape index (κ3) is 5.64. The van der Waals surface area contributed by atoms with Gasteiger partial charge in [0.05, 0.1) is 20.4 Å². The van der Waals surface area contributed by atoms with Gasteiger partial charge in [-0.1, -0.05) is 91.0 Å². The fraction of sp³-hybridized carbons (Fsp3) is 0. The van der Waals surface area contributed by atoms with Crippen LogP contribution in [0.2, 0.25) is 0 Å². The Hall–Kier alpha value is -6.66. The molecule has 3 nitrogen and oxygen atoms in total. The summed E-state index contributed by atoms with van der Waals surface area (Å²) in [5, 5.41) is 9.54. The summed E-state index contributed by atoms with van der Waals surface area (Å²) in [5.74, 6) is 0. The molecule has 0 aliphatic heterocycles. The van der Waals surface area contributed by atoms with E-state index in [2.05, 4.69) is 181 Å². The smallest absolute Gasteiger partial charge is 0.124 e. The van der Waals surface area contributed by atoms with Crippen LogP contribution in [-0.4, -0.2) is 9.97 Å². The number of nitrogens with zero attached hydrogens (tertiary/aromatic N) is 3. The van der Waals surface area contributed by atoms with Crippen molar-refractivity contribution in [3.05, 3.63) is 188 Å². The molecular formula is C50H31N3S2. The number of hydrogen-bond donors (Lipinski definition) is 0. The molecule has 55 heavy (non-hydrogen) atoms. The quantitative estimate of drug-likeness (QED) is 0.159. The molecule has 258 valence electrons. The van der Waals surface area contributed by atoms with Gasteiger partial charge in [0.2, 0.25) is 0 Å². The standard InChI is InChI=1S/C50H31N3S2/c1-2-10-41-36(9-1)31-44(43-12-4-3-11-42(41)43)37-18-17-35-30-40(28-23-34(35)29-37)53(38-24-19-32(20-25-38)49-51-45-13-5-7-15-47(45)54-49)39-26-21-33(22-27-39)50-52-46-14-6-8-16-48(46)55-50/h1-31H. The molecule has 0 spiro atoms. The van der Waals surface area contributed by atoms with Crippen LogP contribution < -0.4 is 4.90 Å². The molecule has 9 aromatic carbocycles. The van der Waals surface area contributed by atoms with E-state index in [0.29, 0.717) is 0 Å². The molecule has 2 heterocycles. The van der Waals surface area contributed by atoms with E-state index in [1.807, 2.05) is 12.1 Å². The second kappa shape index (κ2) is 13.0. The largest absolute Gasteiger partial charge is 0.310 e. The van der Waals surface area contributed by atoms with Crippen molar-refractivity contribution in [2.45, 2.75) is 0 Å². The van der Waals surface area contributed by atoms with Crippen LogP contribution in [0.25, 0.3) is 85.0 Å². The first-order valence-corrected chi connectivity index (χ1v) is 20.0. The van der Waals surface area contributed by atoms with Gasteiger partial charge in [-0.15, -0.1) is 22.7 Å². The molecular weight excluding hydrogens is 707 g/mol. The Labute approximate surface area is 326 Å². The van der Waals surface area contributed by atoms with E-state index in [0.717, 1.165) is 49.2 Å². The summed E-state index contributed by atoms with van der Waals surface area (Å²) in [5.41, 5.74) is 10.0. The highest BCUT2D eigenvalue weighted by Gasteiger charge is 2.16. The second-order valence-corrected chi connectivity index (χ2v) is 15.9. The summed E-state index contributed by atoms with van der Waals surface area (Å²) < 4.78 is 2.40. The topological polar surface area (TPSA) is 29.0 Å². The highest BCUT2D eigenvalue weighted by atomic mass is 32.1. The van der Waals surface area contributed by atoms with Crippen LogP contribution in [0, 0.1) is 0 Å². The third-order valence-corrected chi connectivity index (χ3v) is 12.7. The van der Waals surface area contributed by atoms with Gasteiger partial charge in [0.25, 0.3) is 0 Å². The summed E-state index contributed by atoms with van der Waals surface area (Å²) >= 11 is 3.46. The average Bonchev–Trinajstić information content (AvgIpc) is 3.89. The zero-order chi connectivity index (χ0) is 36.3. The van der Waals surface area contributed by atoms with Crippen molar-refractivity contribution in [2.75, 3.05) is 4.90 Å². The summed E-state index contributed by atoms with van der Waals surface area (Å²) in [6.07, 6.45) is 0. The predicted octanol–water partition coefficient (Wildman–Crippen LogP) is 14.8. The van der Waals surface area contributed by atoms with Crippen molar-refractivity contribution in [1.82, 2.24) is 9.97 Å². The number of anilines is 3.